The number of carbonyl (C=O) groups excluding carboxylic acids is 3. The van der Waals surface area contributed by atoms with Gasteiger partial charge in [0.15, 0.2) is 0 Å². The van der Waals surface area contributed by atoms with E-state index in [0.717, 1.165) is 0 Å². The molecule has 0 rings (SSSR count). The van der Waals surface area contributed by atoms with Gasteiger partial charge in [-0.25, -0.2) is 0 Å². The van der Waals surface area contributed by atoms with Crippen molar-refractivity contribution in [2.75, 3.05) is 6.54 Å². The zero-order valence-corrected chi connectivity index (χ0v) is 9.83. The van der Waals surface area contributed by atoms with E-state index < -0.39 is 23.4 Å². The third-order valence-corrected chi connectivity index (χ3v) is 1.44. The fourth-order valence-electron chi connectivity index (χ4n) is 0.882. The Morgan fingerprint density at radius 1 is 1.19 bits per heavy atom. The Hall–Kier alpha value is -1.59. The molecule has 0 spiro atoms. The van der Waals surface area contributed by atoms with Crippen LogP contribution in [0.15, 0.2) is 0 Å². The first kappa shape index (κ1) is 14.4. The topological polar surface area (TPSA) is 98.5 Å². The highest BCUT2D eigenvalue weighted by molar-refractivity contribution is 5.85. The fraction of sp³-hybridized carbons (Fsp3) is 0.700. The van der Waals surface area contributed by atoms with Gasteiger partial charge in [-0.05, 0) is 20.8 Å². The van der Waals surface area contributed by atoms with Crippen molar-refractivity contribution in [3.8, 4) is 0 Å². The largest absolute Gasteiger partial charge is 0.460 e. The van der Waals surface area contributed by atoms with Gasteiger partial charge in [0.25, 0.3) is 0 Å². The minimum Gasteiger partial charge on any atom is -0.460 e. The van der Waals surface area contributed by atoms with Crippen LogP contribution in [0.2, 0.25) is 0 Å². The molecule has 0 saturated carbocycles. The smallest absolute Gasteiger partial charge is 0.306 e. The molecule has 16 heavy (non-hydrogen) atoms. The normalized spacial score (nSPS) is 10.7. The zero-order valence-electron chi connectivity index (χ0n) is 9.83. The molecule has 3 N–H and O–H groups in total. The molecule has 6 heteroatoms. The van der Waals surface area contributed by atoms with Crippen molar-refractivity contribution in [3.05, 3.63) is 0 Å². The highest BCUT2D eigenvalue weighted by Gasteiger charge is 2.16. The van der Waals surface area contributed by atoms with Crippen LogP contribution < -0.4 is 11.1 Å². The van der Waals surface area contributed by atoms with Gasteiger partial charge >= 0.3 is 5.97 Å². The number of hydrogen-bond acceptors (Lipinski definition) is 4. The Morgan fingerprint density at radius 3 is 2.19 bits per heavy atom. The summed E-state index contributed by atoms with van der Waals surface area (Å²) >= 11 is 0. The molecule has 0 radical (unpaired) electrons. The lowest BCUT2D eigenvalue weighted by atomic mass is 10.2. The summed E-state index contributed by atoms with van der Waals surface area (Å²) in [6, 6.07) is 0. The van der Waals surface area contributed by atoms with E-state index in [1.165, 1.54) is 0 Å². The highest BCUT2D eigenvalue weighted by atomic mass is 16.6. The van der Waals surface area contributed by atoms with Crippen molar-refractivity contribution in [2.24, 2.45) is 5.73 Å². The monoisotopic (exact) mass is 230 g/mol. The number of amides is 2. The number of ether oxygens (including phenoxy) is 1. The second-order valence-corrected chi connectivity index (χ2v) is 4.33. The van der Waals surface area contributed by atoms with Crippen LogP contribution in [0.3, 0.4) is 0 Å². The lowest BCUT2D eigenvalue weighted by Crippen LogP contribution is -2.33. The molecule has 0 aliphatic rings. The quantitative estimate of drug-likeness (QED) is 0.634. The van der Waals surface area contributed by atoms with Crippen LogP contribution >= 0.6 is 0 Å². The Bertz CT molecular complexity index is 281. The maximum Gasteiger partial charge on any atom is 0.306 e. The van der Waals surface area contributed by atoms with Gasteiger partial charge in [0.1, 0.15) is 5.60 Å². The second-order valence-electron chi connectivity index (χ2n) is 4.33. The maximum absolute atomic E-state index is 11.2. The molecule has 2 amide bonds. The van der Waals surface area contributed by atoms with Crippen LogP contribution in [0.4, 0.5) is 0 Å². The molecular weight excluding hydrogens is 212 g/mol. The third-order valence-electron chi connectivity index (χ3n) is 1.44. The maximum atomic E-state index is 11.2. The molecule has 0 aliphatic heterocycles. The van der Waals surface area contributed by atoms with Gasteiger partial charge in [-0.3, -0.25) is 14.4 Å². The predicted octanol–water partition coefficient (Wildman–Crippen LogP) is -0.290. The summed E-state index contributed by atoms with van der Waals surface area (Å²) in [5.41, 5.74) is 4.28. The van der Waals surface area contributed by atoms with Gasteiger partial charge in [-0.15, -0.1) is 0 Å². The Morgan fingerprint density at radius 2 is 1.75 bits per heavy atom. The standard InChI is InChI=1S/C10H18N2O4/c1-10(2,3)16-9(15)5-4-8(14)12-6-7(11)13/h4-6H2,1-3H3,(H2,11,13)(H,12,14). The molecule has 0 heterocycles. The molecule has 0 bridgehead atoms. The summed E-state index contributed by atoms with van der Waals surface area (Å²) in [5, 5.41) is 2.28. The molecule has 92 valence electrons. The minimum atomic E-state index is -0.620. The number of nitrogens with one attached hydrogen (secondary N) is 1. The van der Waals surface area contributed by atoms with E-state index in [4.69, 9.17) is 10.5 Å². The van der Waals surface area contributed by atoms with Gasteiger partial charge in [-0.2, -0.15) is 0 Å². The first-order valence-electron chi connectivity index (χ1n) is 4.97. The molecule has 0 aliphatic carbocycles. The molecule has 0 aromatic heterocycles. The summed E-state index contributed by atoms with van der Waals surface area (Å²) in [6.07, 6.45) is -0.0238. The van der Waals surface area contributed by atoms with E-state index in [1.807, 2.05) is 0 Å². The van der Waals surface area contributed by atoms with Crippen LogP contribution in [-0.4, -0.2) is 29.9 Å². The Balaban J connectivity index is 3.76. The van der Waals surface area contributed by atoms with E-state index in [-0.39, 0.29) is 19.4 Å². The van der Waals surface area contributed by atoms with Gasteiger partial charge < -0.3 is 15.8 Å². The SMILES string of the molecule is CC(C)(C)OC(=O)CCC(=O)NCC(N)=O. The van der Waals surface area contributed by atoms with Crippen molar-refractivity contribution in [3.63, 3.8) is 0 Å². The molecule has 6 nitrogen and oxygen atoms in total. The van der Waals surface area contributed by atoms with Gasteiger partial charge in [0.05, 0.1) is 13.0 Å². The van der Waals surface area contributed by atoms with Gasteiger partial charge in [-0.1, -0.05) is 0 Å². The first-order chi connectivity index (χ1) is 7.20. The van der Waals surface area contributed by atoms with Crippen molar-refractivity contribution < 1.29 is 19.1 Å². The lowest BCUT2D eigenvalue weighted by molar-refractivity contribution is -0.155. The number of nitrogens with two attached hydrogens (primary N) is 1. The van der Waals surface area contributed by atoms with E-state index in [0.29, 0.717) is 0 Å². The van der Waals surface area contributed by atoms with E-state index in [2.05, 4.69) is 5.32 Å². The Labute approximate surface area is 94.5 Å². The molecule has 0 aromatic rings. The van der Waals surface area contributed by atoms with Gasteiger partial charge in [0.2, 0.25) is 11.8 Å². The third kappa shape index (κ3) is 8.98. The van der Waals surface area contributed by atoms with E-state index in [9.17, 15) is 14.4 Å². The van der Waals surface area contributed by atoms with Crippen molar-refractivity contribution in [2.45, 2.75) is 39.2 Å². The van der Waals surface area contributed by atoms with E-state index >= 15 is 0 Å². The number of hydrogen-bond donors (Lipinski definition) is 2. The lowest BCUT2D eigenvalue weighted by Gasteiger charge is -2.19. The molecular formula is C10H18N2O4. The molecule has 0 atom stereocenters. The summed E-state index contributed by atoms with van der Waals surface area (Å²) in [7, 11) is 0. The molecule has 0 unspecified atom stereocenters. The van der Waals surface area contributed by atoms with E-state index in [1.54, 1.807) is 20.8 Å². The van der Waals surface area contributed by atoms with Crippen molar-refractivity contribution in [1.29, 1.82) is 0 Å². The molecule has 0 saturated heterocycles. The summed E-state index contributed by atoms with van der Waals surface area (Å²) < 4.78 is 5.00. The highest BCUT2D eigenvalue weighted by Crippen LogP contribution is 2.08. The number of rotatable bonds is 5. The van der Waals surface area contributed by atoms with Crippen molar-refractivity contribution in [1.82, 2.24) is 5.32 Å². The van der Waals surface area contributed by atoms with Crippen molar-refractivity contribution >= 4 is 17.8 Å². The first-order valence-corrected chi connectivity index (χ1v) is 4.97. The average Bonchev–Trinajstić information content (AvgIpc) is 2.08. The molecule has 0 fully saturated rings. The second kappa shape index (κ2) is 6.09. The zero-order chi connectivity index (χ0) is 12.8. The van der Waals surface area contributed by atoms with Crippen LogP contribution in [0, 0.1) is 0 Å². The predicted molar refractivity (Wildman–Crippen MR) is 57.3 cm³/mol. The number of primary amides is 1. The fourth-order valence-corrected chi connectivity index (χ4v) is 0.882. The molecule has 0 aromatic carbocycles. The summed E-state index contributed by atoms with van der Waals surface area (Å²) in [4.78, 5) is 32.6. The van der Waals surface area contributed by atoms with Crippen LogP contribution in [0.25, 0.3) is 0 Å². The Kier molecular flexibility index (Phi) is 5.49. The average molecular weight is 230 g/mol. The summed E-state index contributed by atoms with van der Waals surface area (Å²) in [6.45, 7) is 5.03. The van der Waals surface area contributed by atoms with Gasteiger partial charge in [0, 0.05) is 6.42 Å². The summed E-state index contributed by atoms with van der Waals surface area (Å²) in [5.74, 6) is -1.46. The number of carbonyl (C=O) groups is 3. The minimum absolute atomic E-state index is 0.0117. The number of esters is 1. The van der Waals surface area contributed by atoms with Crippen LogP contribution in [0.1, 0.15) is 33.6 Å². The van der Waals surface area contributed by atoms with Crippen LogP contribution in [-0.2, 0) is 19.1 Å². The van der Waals surface area contributed by atoms with Crippen LogP contribution in [0.5, 0.6) is 0 Å².